The van der Waals surface area contributed by atoms with Crippen LogP contribution in [0.3, 0.4) is 0 Å². The summed E-state index contributed by atoms with van der Waals surface area (Å²) in [6.07, 6.45) is 1.89. The van der Waals surface area contributed by atoms with Crippen LogP contribution in [0.5, 0.6) is 0 Å². The van der Waals surface area contributed by atoms with Crippen LogP contribution in [0.4, 0.5) is 11.6 Å². The minimum Gasteiger partial charge on any atom is -0.384 e. The zero-order chi connectivity index (χ0) is 11.5. The Balaban J connectivity index is 2.88. The van der Waals surface area contributed by atoms with E-state index in [1.54, 1.807) is 6.07 Å². The van der Waals surface area contributed by atoms with E-state index in [0.717, 1.165) is 24.5 Å². The molecule has 0 radical (unpaired) electrons. The van der Waals surface area contributed by atoms with E-state index in [1.165, 1.54) is 0 Å². The highest BCUT2D eigenvalue weighted by Crippen LogP contribution is 2.14. The largest absolute Gasteiger partial charge is 0.384 e. The number of hydrogen-bond acceptors (Lipinski definition) is 4. The first-order valence-electron chi connectivity index (χ1n) is 5.32. The highest BCUT2D eigenvalue weighted by Gasteiger charge is 2.11. The summed E-state index contributed by atoms with van der Waals surface area (Å²) in [6.45, 7) is 8.36. The number of hydrogen-bond donors (Lipinski definition) is 2. The number of rotatable bonds is 3. The van der Waals surface area contributed by atoms with Crippen LogP contribution < -0.4 is 11.1 Å². The second kappa shape index (κ2) is 4.47. The minimum absolute atomic E-state index is 0.00964. The summed E-state index contributed by atoms with van der Waals surface area (Å²) in [4.78, 5) is 8.59. The molecule has 0 amide bonds. The maximum atomic E-state index is 5.72. The average Bonchev–Trinajstić information content (AvgIpc) is 1.99. The molecule has 4 nitrogen and oxygen atoms in total. The van der Waals surface area contributed by atoms with E-state index in [-0.39, 0.29) is 5.54 Å². The van der Waals surface area contributed by atoms with Crippen LogP contribution in [0.25, 0.3) is 0 Å². The Morgan fingerprint density at radius 3 is 2.53 bits per heavy atom. The van der Waals surface area contributed by atoms with Crippen LogP contribution in [-0.4, -0.2) is 15.5 Å². The van der Waals surface area contributed by atoms with E-state index >= 15 is 0 Å². The lowest BCUT2D eigenvalue weighted by Crippen LogP contribution is -2.27. The normalized spacial score (nSPS) is 11.5. The van der Waals surface area contributed by atoms with Gasteiger partial charge >= 0.3 is 0 Å². The second-order valence-electron chi connectivity index (χ2n) is 4.72. The zero-order valence-electron chi connectivity index (χ0n) is 9.96. The third-order valence-electron chi connectivity index (χ3n) is 1.77. The van der Waals surface area contributed by atoms with Gasteiger partial charge in [0.05, 0.1) is 0 Å². The maximum absolute atomic E-state index is 5.72. The molecule has 4 heteroatoms. The number of anilines is 2. The van der Waals surface area contributed by atoms with Gasteiger partial charge in [0.15, 0.2) is 0 Å². The molecule has 0 bridgehead atoms. The van der Waals surface area contributed by atoms with Gasteiger partial charge < -0.3 is 11.1 Å². The van der Waals surface area contributed by atoms with Crippen LogP contribution in [0.2, 0.25) is 0 Å². The summed E-state index contributed by atoms with van der Waals surface area (Å²) in [6, 6.07) is 1.77. The third kappa shape index (κ3) is 4.14. The van der Waals surface area contributed by atoms with E-state index < -0.39 is 0 Å². The smallest absolute Gasteiger partial charge is 0.133 e. The number of nitrogens with zero attached hydrogens (tertiary/aromatic N) is 2. The highest BCUT2D eigenvalue weighted by molar-refractivity contribution is 5.45. The Morgan fingerprint density at radius 1 is 1.33 bits per heavy atom. The van der Waals surface area contributed by atoms with Gasteiger partial charge in [-0.15, -0.1) is 0 Å². The van der Waals surface area contributed by atoms with Crippen LogP contribution in [0, 0.1) is 0 Å². The van der Waals surface area contributed by atoms with E-state index in [9.17, 15) is 0 Å². The summed E-state index contributed by atoms with van der Waals surface area (Å²) in [5.74, 6) is 2.14. The molecule has 0 aliphatic heterocycles. The van der Waals surface area contributed by atoms with E-state index in [4.69, 9.17) is 5.73 Å². The van der Waals surface area contributed by atoms with Gasteiger partial charge in [-0.05, 0) is 27.2 Å². The molecule has 0 saturated heterocycles. The predicted molar refractivity (Wildman–Crippen MR) is 63.8 cm³/mol. The first-order valence-corrected chi connectivity index (χ1v) is 5.32. The fourth-order valence-corrected chi connectivity index (χ4v) is 1.30. The Labute approximate surface area is 91.3 Å². The molecule has 0 aromatic carbocycles. The minimum atomic E-state index is -0.00964. The van der Waals surface area contributed by atoms with Crippen LogP contribution >= 0.6 is 0 Å². The molecule has 1 aromatic rings. The molecule has 1 aromatic heterocycles. The van der Waals surface area contributed by atoms with Crippen molar-refractivity contribution in [3.63, 3.8) is 0 Å². The van der Waals surface area contributed by atoms with E-state index in [1.807, 2.05) is 0 Å². The first-order chi connectivity index (χ1) is 6.90. The molecule has 0 atom stereocenters. The van der Waals surface area contributed by atoms with Gasteiger partial charge in [0, 0.05) is 18.0 Å². The SMILES string of the molecule is CCCc1nc(N)cc(NC(C)(C)C)n1. The predicted octanol–water partition coefficient (Wildman–Crippen LogP) is 2.22. The molecule has 0 fully saturated rings. The first kappa shape index (κ1) is 11.8. The van der Waals surface area contributed by atoms with Crippen LogP contribution in [-0.2, 0) is 6.42 Å². The monoisotopic (exact) mass is 208 g/mol. The number of nitrogen functional groups attached to an aromatic ring is 1. The number of nitrogens with two attached hydrogens (primary N) is 1. The third-order valence-corrected chi connectivity index (χ3v) is 1.77. The molecule has 15 heavy (non-hydrogen) atoms. The van der Waals surface area contributed by atoms with Crippen molar-refractivity contribution in [2.24, 2.45) is 0 Å². The maximum Gasteiger partial charge on any atom is 0.133 e. The van der Waals surface area contributed by atoms with Gasteiger partial charge in [0.2, 0.25) is 0 Å². The lowest BCUT2D eigenvalue weighted by atomic mass is 10.1. The van der Waals surface area contributed by atoms with Crippen LogP contribution in [0.1, 0.15) is 39.9 Å². The van der Waals surface area contributed by atoms with Crippen molar-refractivity contribution in [1.29, 1.82) is 0 Å². The number of nitrogens with one attached hydrogen (secondary N) is 1. The molecule has 1 rings (SSSR count). The Hall–Kier alpha value is -1.32. The number of aryl methyl sites for hydroxylation is 1. The number of aromatic nitrogens is 2. The van der Waals surface area contributed by atoms with Crippen molar-refractivity contribution >= 4 is 11.6 Å². The molecular formula is C11H20N4. The molecule has 3 N–H and O–H groups in total. The van der Waals surface area contributed by atoms with Gasteiger partial charge in [-0.1, -0.05) is 6.92 Å². The van der Waals surface area contributed by atoms with Gasteiger partial charge in [-0.2, -0.15) is 0 Å². The Kier molecular flexibility index (Phi) is 3.50. The molecule has 84 valence electrons. The summed E-state index contributed by atoms with van der Waals surface area (Å²) >= 11 is 0. The Morgan fingerprint density at radius 2 is 2.00 bits per heavy atom. The summed E-state index contributed by atoms with van der Waals surface area (Å²) in [5.41, 5.74) is 5.71. The van der Waals surface area contributed by atoms with Gasteiger partial charge in [0.1, 0.15) is 17.5 Å². The van der Waals surface area contributed by atoms with Gasteiger partial charge in [0.25, 0.3) is 0 Å². The average molecular weight is 208 g/mol. The molecular weight excluding hydrogens is 188 g/mol. The lowest BCUT2D eigenvalue weighted by Gasteiger charge is -2.21. The molecule has 0 aliphatic carbocycles. The van der Waals surface area contributed by atoms with Crippen molar-refractivity contribution in [3.05, 3.63) is 11.9 Å². The fourth-order valence-electron chi connectivity index (χ4n) is 1.30. The van der Waals surface area contributed by atoms with Crippen molar-refractivity contribution in [2.75, 3.05) is 11.1 Å². The van der Waals surface area contributed by atoms with E-state index in [0.29, 0.717) is 5.82 Å². The quantitative estimate of drug-likeness (QED) is 0.799. The van der Waals surface area contributed by atoms with Crippen molar-refractivity contribution in [3.8, 4) is 0 Å². The molecule has 0 spiro atoms. The molecule has 0 aliphatic rings. The topological polar surface area (TPSA) is 63.8 Å². The van der Waals surface area contributed by atoms with Crippen molar-refractivity contribution in [2.45, 2.75) is 46.1 Å². The van der Waals surface area contributed by atoms with E-state index in [2.05, 4.69) is 43.0 Å². The zero-order valence-corrected chi connectivity index (χ0v) is 9.96. The van der Waals surface area contributed by atoms with Crippen molar-refractivity contribution in [1.82, 2.24) is 9.97 Å². The molecule has 0 saturated carbocycles. The van der Waals surface area contributed by atoms with Gasteiger partial charge in [-0.25, -0.2) is 9.97 Å². The molecule has 1 heterocycles. The van der Waals surface area contributed by atoms with Gasteiger partial charge in [-0.3, -0.25) is 0 Å². The summed E-state index contributed by atoms with van der Waals surface area (Å²) in [7, 11) is 0. The van der Waals surface area contributed by atoms with Crippen LogP contribution in [0.15, 0.2) is 6.07 Å². The lowest BCUT2D eigenvalue weighted by molar-refractivity contribution is 0.628. The van der Waals surface area contributed by atoms with Crippen molar-refractivity contribution < 1.29 is 0 Å². The second-order valence-corrected chi connectivity index (χ2v) is 4.72. The Bertz CT molecular complexity index is 328. The fraction of sp³-hybridized carbons (Fsp3) is 0.636. The highest BCUT2D eigenvalue weighted by atomic mass is 15.1. The summed E-state index contributed by atoms with van der Waals surface area (Å²) < 4.78 is 0. The summed E-state index contributed by atoms with van der Waals surface area (Å²) in [5, 5.41) is 3.29. The molecule has 0 unspecified atom stereocenters. The standard InChI is InChI=1S/C11H20N4/c1-5-6-9-13-8(12)7-10(14-9)15-11(2,3)4/h7H,5-6H2,1-4H3,(H3,12,13,14,15).